The van der Waals surface area contributed by atoms with Crippen LogP contribution in [0, 0.1) is 0 Å². The number of hydrogen-bond acceptors (Lipinski definition) is 6. The molecule has 0 unspecified atom stereocenters. The molecule has 0 spiro atoms. The largest absolute Gasteiger partial charge is 0.479 e. The molecular formula is C11H14N6O2. The van der Waals surface area contributed by atoms with Crippen molar-refractivity contribution < 1.29 is 9.53 Å². The number of hydrogen-bond donors (Lipinski definition) is 2. The van der Waals surface area contributed by atoms with Gasteiger partial charge in [0.1, 0.15) is 12.9 Å². The highest BCUT2D eigenvalue weighted by Crippen LogP contribution is 2.23. The number of nitrogens with one attached hydrogen (secondary N) is 1. The first kappa shape index (κ1) is 11.7. The maximum Gasteiger partial charge on any atom is 0.245 e. The zero-order chi connectivity index (χ0) is 13.4. The number of ether oxygens (including phenoxy) is 1. The van der Waals surface area contributed by atoms with Gasteiger partial charge in [0.05, 0.1) is 7.11 Å². The molecule has 8 heteroatoms. The molecule has 1 amide bonds. The summed E-state index contributed by atoms with van der Waals surface area (Å²) in [6.45, 7) is 0.0962. The van der Waals surface area contributed by atoms with Crippen molar-refractivity contribution in [3.8, 4) is 5.88 Å². The van der Waals surface area contributed by atoms with Gasteiger partial charge in [-0.1, -0.05) is 0 Å². The number of nitrogens with zero attached hydrogens (tertiary/aromatic N) is 4. The third-order valence-electron chi connectivity index (χ3n) is 2.97. The van der Waals surface area contributed by atoms with Crippen molar-refractivity contribution >= 4 is 23.0 Å². The van der Waals surface area contributed by atoms with Crippen LogP contribution in [-0.2, 0) is 11.3 Å². The second-order valence-electron chi connectivity index (χ2n) is 4.45. The maximum absolute atomic E-state index is 11.8. The minimum atomic E-state index is -0.0916. The Kier molecular flexibility index (Phi) is 2.69. The minimum absolute atomic E-state index is 0.0916. The van der Waals surface area contributed by atoms with Crippen LogP contribution in [0.25, 0.3) is 11.2 Å². The summed E-state index contributed by atoms with van der Waals surface area (Å²) >= 11 is 0. The molecule has 3 rings (SSSR count). The number of aromatic nitrogens is 4. The van der Waals surface area contributed by atoms with E-state index in [0.29, 0.717) is 23.1 Å². The first-order valence-electron chi connectivity index (χ1n) is 5.99. The summed E-state index contributed by atoms with van der Waals surface area (Å²) in [5.41, 5.74) is 6.78. The highest BCUT2D eigenvalue weighted by molar-refractivity contribution is 5.83. The fourth-order valence-corrected chi connectivity index (χ4v) is 1.88. The second-order valence-corrected chi connectivity index (χ2v) is 4.45. The lowest BCUT2D eigenvalue weighted by Gasteiger charge is -2.06. The summed E-state index contributed by atoms with van der Waals surface area (Å²) in [6.07, 6.45) is 3.45. The number of nitrogen functional groups attached to an aromatic ring is 1. The number of carbonyl (C=O) groups excluding carboxylic acids is 1. The molecule has 19 heavy (non-hydrogen) atoms. The normalized spacial score (nSPS) is 14.6. The molecule has 2 aromatic rings. The number of amides is 1. The highest BCUT2D eigenvalue weighted by Gasteiger charge is 2.24. The van der Waals surface area contributed by atoms with Gasteiger partial charge in [-0.2, -0.15) is 4.98 Å². The third kappa shape index (κ3) is 2.16. The topological polar surface area (TPSA) is 108 Å². The number of carbonyl (C=O) groups is 1. The molecule has 3 N–H and O–H groups in total. The van der Waals surface area contributed by atoms with Crippen molar-refractivity contribution in [1.29, 1.82) is 0 Å². The zero-order valence-corrected chi connectivity index (χ0v) is 10.5. The summed E-state index contributed by atoms with van der Waals surface area (Å²) in [7, 11) is 1.50. The van der Waals surface area contributed by atoms with Crippen LogP contribution < -0.4 is 15.8 Å². The number of nitrogens with two attached hydrogens (primary N) is 1. The third-order valence-corrected chi connectivity index (χ3v) is 2.97. The standard InChI is InChI=1S/C11H14N6O2/c1-19-10-8-9(13-5-14-10)17(11(12)16-8)4-7(18)15-6-2-3-6/h5-6H,2-4H2,1H3,(H2,12,16)(H,15,18). The molecule has 100 valence electrons. The van der Waals surface area contributed by atoms with E-state index in [1.807, 2.05) is 0 Å². The molecule has 0 radical (unpaired) electrons. The van der Waals surface area contributed by atoms with E-state index in [9.17, 15) is 4.79 Å². The summed E-state index contributed by atoms with van der Waals surface area (Å²) in [6, 6.07) is 0.313. The van der Waals surface area contributed by atoms with Crippen LogP contribution in [0.2, 0.25) is 0 Å². The van der Waals surface area contributed by atoms with Gasteiger partial charge in [-0.3, -0.25) is 9.36 Å². The first-order chi connectivity index (χ1) is 9.19. The molecular weight excluding hydrogens is 248 g/mol. The van der Waals surface area contributed by atoms with Crippen molar-refractivity contribution in [2.45, 2.75) is 25.4 Å². The monoisotopic (exact) mass is 262 g/mol. The molecule has 0 saturated heterocycles. The van der Waals surface area contributed by atoms with E-state index in [0.717, 1.165) is 12.8 Å². The quantitative estimate of drug-likeness (QED) is 0.783. The Morgan fingerprint density at radius 3 is 3.05 bits per heavy atom. The first-order valence-corrected chi connectivity index (χ1v) is 5.99. The van der Waals surface area contributed by atoms with Crippen LogP contribution in [0.1, 0.15) is 12.8 Å². The van der Waals surface area contributed by atoms with E-state index in [-0.39, 0.29) is 18.4 Å². The number of rotatable bonds is 4. The van der Waals surface area contributed by atoms with Crippen molar-refractivity contribution in [2.75, 3.05) is 12.8 Å². The molecule has 1 aliphatic carbocycles. The fraction of sp³-hybridized carbons (Fsp3) is 0.455. The van der Waals surface area contributed by atoms with Gasteiger partial charge in [0, 0.05) is 6.04 Å². The van der Waals surface area contributed by atoms with Crippen LogP contribution in [-0.4, -0.2) is 38.6 Å². The van der Waals surface area contributed by atoms with Gasteiger partial charge in [0.2, 0.25) is 17.7 Å². The zero-order valence-electron chi connectivity index (χ0n) is 10.5. The molecule has 0 bridgehead atoms. The number of methoxy groups -OCH3 is 1. The lowest BCUT2D eigenvalue weighted by Crippen LogP contribution is -2.29. The molecule has 1 aliphatic rings. The smallest absolute Gasteiger partial charge is 0.245 e. The van der Waals surface area contributed by atoms with Crippen LogP contribution in [0.4, 0.5) is 5.95 Å². The number of anilines is 1. The van der Waals surface area contributed by atoms with E-state index in [1.165, 1.54) is 13.4 Å². The van der Waals surface area contributed by atoms with Gasteiger partial charge >= 0.3 is 0 Å². The number of fused-ring (bicyclic) bond motifs is 1. The second kappa shape index (κ2) is 4.38. The fourth-order valence-electron chi connectivity index (χ4n) is 1.88. The van der Waals surface area contributed by atoms with E-state index in [1.54, 1.807) is 4.57 Å². The molecule has 0 aromatic carbocycles. The van der Waals surface area contributed by atoms with Crippen LogP contribution in [0.3, 0.4) is 0 Å². The van der Waals surface area contributed by atoms with Gasteiger partial charge in [-0.15, -0.1) is 0 Å². The number of imidazole rings is 1. The maximum atomic E-state index is 11.8. The summed E-state index contributed by atoms with van der Waals surface area (Å²) in [5.74, 6) is 0.476. The lowest BCUT2D eigenvalue weighted by molar-refractivity contribution is -0.121. The van der Waals surface area contributed by atoms with Crippen LogP contribution in [0.5, 0.6) is 5.88 Å². The van der Waals surface area contributed by atoms with Crippen molar-refractivity contribution in [3.05, 3.63) is 6.33 Å². The SMILES string of the molecule is COc1ncnc2c1nc(N)n2CC(=O)NC1CC1. The van der Waals surface area contributed by atoms with E-state index in [4.69, 9.17) is 10.5 Å². The summed E-state index contributed by atoms with van der Waals surface area (Å²) < 4.78 is 6.65. The highest BCUT2D eigenvalue weighted by atomic mass is 16.5. The van der Waals surface area contributed by atoms with E-state index in [2.05, 4.69) is 20.3 Å². The average Bonchev–Trinajstić information content (AvgIpc) is 3.14. The van der Waals surface area contributed by atoms with Crippen molar-refractivity contribution in [1.82, 2.24) is 24.8 Å². The molecule has 0 atom stereocenters. The Bertz CT molecular complexity index is 633. The molecule has 2 heterocycles. The van der Waals surface area contributed by atoms with Gasteiger partial charge in [0.15, 0.2) is 11.2 Å². The Morgan fingerprint density at radius 1 is 1.58 bits per heavy atom. The molecule has 0 aliphatic heterocycles. The van der Waals surface area contributed by atoms with Gasteiger partial charge < -0.3 is 15.8 Å². The molecule has 2 aromatic heterocycles. The van der Waals surface area contributed by atoms with Crippen LogP contribution in [0.15, 0.2) is 6.33 Å². The summed E-state index contributed by atoms with van der Waals surface area (Å²) in [5, 5.41) is 2.89. The van der Waals surface area contributed by atoms with E-state index < -0.39 is 0 Å². The predicted octanol–water partition coefficient (Wildman–Crippen LogP) is -0.304. The lowest BCUT2D eigenvalue weighted by atomic mass is 10.5. The predicted molar refractivity (Wildman–Crippen MR) is 67.5 cm³/mol. The van der Waals surface area contributed by atoms with Gasteiger partial charge in [0.25, 0.3) is 0 Å². The van der Waals surface area contributed by atoms with Crippen molar-refractivity contribution in [2.24, 2.45) is 0 Å². The van der Waals surface area contributed by atoms with Crippen molar-refractivity contribution in [3.63, 3.8) is 0 Å². The Morgan fingerprint density at radius 2 is 2.37 bits per heavy atom. The van der Waals surface area contributed by atoms with Gasteiger partial charge in [-0.25, -0.2) is 9.97 Å². The Labute approximate surface area is 109 Å². The van der Waals surface area contributed by atoms with E-state index >= 15 is 0 Å². The van der Waals surface area contributed by atoms with Gasteiger partial charge in [-0.05, 0) is 12.8 Å². The Balaban J connectivity index is 1.93. The molecule has 1 saturated carbocycles. The average molecular weight is 262 g/mol. The summed E-state index contributed by atoms with van der Waals surface area (Å²) in [4.78, 5) is 24.0. The molecule has 8 nitrogen and oxygen atoms in total. The Hall–Kier alpha value is -2.38. The molecule has 1 fully saturated rings. The van der Waals surface area contributed by atoms with Crippen LogP contribution >= 0.6 is 0 Å². The minimum Gasteiger partial charge on any atom is -0.479 e.